The van der Waals surface area contributed by atoms with Gasteiger partial charge in [-0.05, 0) is 41.3 Å². The summed E-state index contributed by atoms with van der Waals surface area (Å²) in [5.74, 6) is -5.46. The first-order valence-electron chi connectivity index (χ1n) is 8.61. The van der Waals surface area contributed by atoms with E-state index in [0.717, 1.165) is 6.08 Å². The van der Waals surface area contributed by atoms with E-state index in [1.54, 1.807) is 0 Å². The van der Waals surface area contributed by atoms with Crippen LogP contribution in [0, 0.1) is 5.92 Å². The Bertz CT molecular complexity index is 1060. The molecule has 0 heterocycles. The number of carbonyl (C=O) groups is 3. The number of hydrogen-bond acceptors (Lipinski definition) is 6. The third-order valence-corrected chi connectivity index (χ3v) is 5.90. The van der Waals surface area contributed by atoms with Gasteiger partial charge in [0.05, 0.1) is 10.6 Å². The van der Waals surface area contributed by atoms with Crippen LogP contribution in [-0.2, 0) is 57.5 Å². The quantitative estimate of drug-likeness (QED) is 0.135. The van der Waals surface area contributed by atoms with Crippen LogP contribution in [-0.4, -0.2) is 41.7 Å². The molecular weight excluding hydrogens is 637 g/mol. The number of nitrogens with one attached hydrogen (secondary N) is 1. The average molecular weight is 661 g/mol. The maximum atomic E-state index is 12.6. The Hall–Kier alpha value is -2.89. The first kappa shape index (κ1) is 32.3. The molecule has 33 heavy (non-hydrogen) atoms. The number of hydrogen-bond donors (Lipinski definition) is 4. The van der Waals surface area contributed by atoms with Crippen molar-refractivity contribution in [3.63, 3.8) is 0 Å². The van der Waals surface area contributed by atoms with Gasteiger partial charge in [0, 0.05) is 6.08 Å². The topological polar surface area (TPSA) is 225 Å². The van der Waals surface area contributed by atoms with E-state index in [-0.39, 0.29) is 50.4 Å². The molecule has 0 spiro atoms. The molecule has 1 amide bonds. The number of carboxylic acid groups (broad SMARTS) is 2. The summed E-state index contributed by atoms with van der Waals surface area (Å²) in [6.45, 7) is 0. The minimum absolute atomic E-state index is 0. The summed E-state index contributed by atoms with van der Waals surface area (Å²) in [5, 5.41) is 26.3. The molecule has 2 rings (SSSR count). The molecule has 0 atom stereocenters. The van der Waals surface area contributed by atoms with E-state index in [0.29, 0.717) is 16.7 Å². The molecule has 0 aliphatic rings. The zero-order valence-electron chi connectivity index (χ0n) is 17.0. The van der Waals surface area contributed by atoms with Crippen molar-refractivity contribution in [2.45, 2.75) is 17.1 Å². The number of nitrogens with two attached hydrogens (primary N) is 2. The summed E-state index contributed by atoms with van der Waals surface area (Å²) in [4.78, 5) is 33.0. The number of hydroxylamine groups is 1. The van der Waals surface area contributed by atoms with Crippen molar-refractivity contribution >= 4 is 33.8 Å². The Morgan fingerprint density at radius 3 is 1.82 bits per heavy atom. The van der Waals surface area contributed by atoms with Gasteiger partial charge in [0.2, 0.25) is 0 Å². The van der Waals surface area contributed by atoms with Crippen LogP contribution in [0.4, 0.5) is 0 Å². The van der Waals surface area contributed by atoms with E-state index < -0.39 is 33.6 Å². The Morgan fingerprint density at radius 1 is 0.879 bits per heavy atom. The van der Waals surface area contributed by atoms with Gasteiger partial charge in [0.25, 0.3) is 5.91 Å². The van der Waals surface area contributed by atoms with Crippen molar-refractivity contribution in [2.75, 3.05) is 0 Å². The number of carboxylic acids is 2. The summed E-state index contributed by atoms with van der Waals surface area (Å²) in [6, 6.07) is 11.8. The Labute approximate surface area is 204 Å². The molecule has 2 aromatic carbocycles. The number of aliphatic carboxylic acids is 2. The van der Waals surface area contributed by atoms with Gasteiger partial charge >= 0.3 is 33.0 Å². The molecule has 13 heteroatoms. The first-order chi connectivity index (χ1) is 14.1. The van der Waals surface area contributed by atoms with E-state index in [9.17, 15) is 22.8 Å². The molecule has 0 saturated carbocycles. The Kier molecular flexibility index (Phi) is 14.0. The molecule has 0 radical (unpaired) electrons. The zero-order valence-corrected chi connectivity index (χ0v) is 20.1. The second kappa shape index (κ2) is 14.3. The molecule has 0 aliphatic heterocycles. The normalized spacial score (nSPS) is 10.5. The standard InChI is InChI=1S/C20H19NO8S.2H2N.Pt/c22-18(21-27)10-7-13-5-8-16(9-6-13)30(28,29)12-15-3-1-14(2-4-15)11-17(19(23)24)20(25)26;;;/h1-10,17,27H,11-12H2,(H,21,22)(H,23,24)(H,25,26);2*1H2;/q;2*-1;+2/b10-7+;;;. The Balaban J connectivity index is 0. The average Bonchev–Trinajstić information content (AvgIpc) is 2.71. The van der Waals surface area contributed by atoms with Gasteiger partial charge in [-0.3, -0.25) is 19.6 Å². The molecule has 2 aromatic rings. The molecule has 0 bridgehead atoms. The minimum Gasteiger partial charge on any atom is -0.693 e. The fourth-order valence-corrected chi connectivity index (χ4v) is 3.93. The molecule has 0 aliphatic carbocycles. The second-order valence-electron chi connectivity index (χ2n) is 6.39. The number of benzene rings is 2. The zero-order chi connectivity index (χ0) is 22.3. The fraction of sp³-hybridized carbons (Fsp3) is 0.150. The summed E-state index contributed by atoms with van der Waals surface area (Å²) < 4.78 is 25.2. The SMILES string of the molecule is O=C(/C=C/c1ccc(S(=O)(=O)Cc2ccc(CC(C(=O)O)C(=O)O)cc2)cc1)NO.[NH2-].[NH2-].[Pt+2]. The molecule has 8 N–H and O–H groups in total. The number of sulfone groups is 1. The van der Waals surface area contributed by atoms with Crippen LogP contribution in [0.1, 0.15) is 16.7 Å². The molecule has 182 valence electrons. The van der Waals surface area contributed by atoms with Gasteiger partial charge in [0.1, 0.15) is 0 Å². The van der Waals surface area contributed by atoms with Crippen LogP contribution >= 0.6 is 0 Å². The molecule has 0 saturated heterocycles. The summed E-state index contributed by atoms with van der Waals surface area (Å²) in [7, 11) is -3.66. The van der Waals surface area contributed by atoms with Gasteiger partial charge in [-0.15, -0.1) is 0 Å². The van der Waals surface area contributed by atoms with Crippen LogP contribution in [0.5, 0.6) is 0 Å². The summed E-state index contributed by atoms with van der Waals surface area (Å²) >= 11 is 0. The van der Waals surface area contributed by atoms with Gasteiger partial charge in [-0.1, -0.05) is 36.4 Å². The van der Waals surface area contributed by atoms with E-state index >= 15 is 0 Å². The molecule has 0 fully saturated rings. The predicted molar refractivity (Wildman–Crippen MR) is 116 cm³/mol. The van der Waals surface area contributed by atoms with Crippen molar-refractivity contribution in [1.82, 2.24) is 5.48 Å². The summed E-state index contributed by atoms with van der Waals surface area (Å²) in [5.41, 5.74) is 2.94. The van der Waals surface area contributed by atoms with Gasteiger partial charge in [-0.2, -0.15) is 0 Å². The van der Waals surface area contributed by atoms with Crippen LogP contribution < -0.4 is 5.48 Å². The second-order valence-corrected chi connectivity index (χ2v) is 8.38. The first-order valence-corrected chi connectivity index (χ1v) is 10.3. The van der Waals surface area contributed by atoms with Gasteiger partial charge in [-0.25, -0.2) is 13.9 Å². The number of amides is 1. The van der Waals surface area contributed by atoms with E-state index in [1.165, 1.54) is 60.1 Å². The Morgan fingerprint density at radius 2 is 1.36 bits per heavy atom. The minimum atomic E-state index is -3.66. The van der Waals surface area contributed by atoms with Crippen LogP contribution in [0.25, 0.3) is 18.4 Å². The van der Waals surface area contributed by atoms with Gasteiger partial charge < -0.3 is 22.5 Å². The third-order valence-electron chi connectivity index (χ3n) is 4.19. The molecule has 11 nitrogen and oxygen atoms in total. The smallest absolute Gasteiger partial charge is 0.693 e. The van der Waals surface area contributed by atoms with Crippen molar-refractivity contribution in [2.24, 2.45) is 5.92 Å². The van der Waals surface area contributed by atoms with Crippen molar-refractivity contribution < 1.29 is 59.3 Å². The van der Waals surface area contributed by atoms with Crippen LogP contribution in [0.2, 0.25) is 0 Å². The van der Waals surface area contributed by atoms with Crippen LogP contribution in [0.15, 0.2) is 59.5 Å². The number of rotatable bonds is 9. The van der Waals surface area contributed by atoms with Crippen molar-refractivity contribution in [3.05, 3.63) is 83.6 Å². The largest absolute Gasteiger partial charge is 2.00 e. The van der Waals surface area contributed by atoms with E-state index in [2.05, 4.69) is 0 Å². The molecular formula is C20H23N3O8PtS. The molecule has 0 aromatic heterocycles. The van der Waals surface area contributed by atoms with Crippen molar-refractivity contribution in [1.29, 1.82) is 0 Å². The maximum Gasteiger partial charge on any atom is 2.00 e. The van der Waals surface area contributed by atoms with Gasteiger partial charge in [0.15, 0.2) is 15.8 Å². The monoisotopic (exact) mass is 660 g/mol. The summed E-state index contributed by atoms with van der Waals surface area (Å²) in [6.07, 6.45) is 2.29. The maximum absolute atomic E-state index is 12.6. The van der Waals surface area contributed by atoms with Crippen molar-refractivity contribution in [3.8, 4) is 0 Å². The predicted octanol–water partition coefficient (Wildman–Crippen LogP) is 2.94. The number of carbonyl (C=O) groups excluding carboxylic acids is 1. The van der Waals surface area contributed by atoms with E-state index in [4.69, 9.17) is 15.4 Å². The van der Waals surface area contributed by atoms with E-state index in [1.807, 2.05) is 0 Å². The third kappa shape index (κ3) is 9.64. The molecule has 0 unspecified atom stereocenters. The fourth-order valence-electron chi connectivity index (χ4n) is 2.59. The van der Waals surface area contributed by atoms with Crippen LogP contribution in [0.3, 0.4) is 0 Å².